The van der Waals surface area contributed by atoms with Gasteiger partial charge in [0.15, 0.2) is 0 Å². The molecule has 0 saturated carbocycles. The third kappa shape index (κ3) is 4.16. The molecule has 1 N–H and O–H groups in total. The fraction of sp³-hybridized carbons (Fsp3) is 0.263. The number of amides is 1. The van der Waals surface area contributed by atoms with Gasteiger partial charge in [0.1, 0.15) is 17.5 Å². The molecule has 140 valence electrons. The van der Waals surface area contributed by atoms with Crippen LogP contribution in [0.3, 0.4) is 0 Å². The lowest BCUT2D eigenvalue weighted by Gasteiger charge is -2.12. The Balaban J connectivity index is 2.00. The van der Waals surface area contributed by atoms with Crippen LogP contribution in [0.5, 0.6) is 0 Å². The Bertz CT molecular complexity index is 981. The first-order chi connectivity index (χ1) is 12.9. The number of hydrogen-bond acceptors (Lipinski definition) is 5. The van der Waals surface area contributed by atoms with Crippen LogP contribution >= 0.6 is 0 Å². The van der Waals surface area contributed by atoms with E-state index in [0.717, 1.165) is 24.1 Å². The zero-order valence-corrected chi connectivity index (χ0v) is 15.1. The van der Waals surface area contributed by atoms with E-state index in [1.165, 1.54) is 0 Å². The van der Waals surface area contributed by atoms with E-state index in [-0.39, 0.29) is 11.4 Å². The topological polar surface area (TPSA) is 80.9 Å². The summed E-state index contributed by atoms with van der Waals surface area (Å²) in [6.07, 6.45) is 1.48. The standard InChI is InChI=1S/C19H18F2N4O2/c1-4-5-15-23-18(25-27-15)16-10(2)6-11(3)22-17(16)24-19(26)12-7-13(20)9-14(21)8-12/h6-9H,4-5H2,1-3H3,(H,22,24,26). The predicted octanol–water partition coefficient (Wildman–Crippen LogP) is 4.23. The highest BCUT2D eigenvalue weighted by Gasteiger charge is 2.20. The highest BCUT2D eigenvalue weighted by Crippen LogP contribution is 2.29. The number of aryl methyl sites for hydroxylation is 3. The van der Waals surface area contributed by atoms with Gasteiger partial charge in [-0.25, -0.2) is 13.8 Å². The van der Waals surface area contributed by atoms with Crippen LogP contribution in [0.2, 0.25) is 0 Å². The molecule has 0 aliphatic rings. The number of hydrogen-bond donors (Lipinski definition) is 1. The van der Waals surface area contributed by atoms with Gasteiger partial charge in [-0.05, 0) is 44.0 Å². The molecule has 0 atom stereocenters. The van der Waals surface area contributed by atoms with Gasteiger partial charge in [0.05, 0.1) is 5.56 Å². The maximum Gasteiger partial charge on any atom is 0.257 e. The molecule has 3 rings (SSSR count). The number of nitrogens with one attached hydrogen (secondary N) is 1. The number of benzene rings is 1. The van der Waals surface area contributed by atoms with E-state index >= 15 is 0 Å². The van der Waals surface area contributed by atoms with E-state index in [1.807, 2.05) is 19.9 Å². The van der Waals surface area contributed by atoms with Crippen molar-refractivity contribution in [3.63, 3.8) is 0 Å². The molecule has 1 aromatic carbocycles. The predicted molar refractivity (Wildman–Crippen MR) is 95.3 cm³/mol. The molecule has 0 radical (unpaired) electrons. The number of halogens is 2. The molecule has 6 nitrogen and oxygen atoms in total. The Labute approximate surface area is 154 Å². The van der Waals surface area contributed by atoms with Gasteiger partial charge in [-0.1, -0.05) is 12.1 Å². The third-order valence-electron chi connectivity index (χ3n) is 3.86. The van der Waals surface area contributed by atoms with Gasteiger partial charge in [-0.15, -0.1) is 0 Å². The number of nitrogens with zero attached hydrogens (tertiary/aromatic N) is 3. The average Bonchev–Trinajstić information content (AvgIpc) is 3.01. The number of anilines is 1. The van der Waals surface area contributed by atoms with Gasteiger partial charge in [0.2, 0.25) is 11.7 Å². The molecule has 1 amide bonds. The molecule has 0 bridgehead atoms. The van der Waals surface area contributed by atoms with Gasteiger partial charge in [0.25, 0.3) is 5.91 Å². The molecule has 0 aliphatic heterocycles. The van der Waals surface area contributed by atoms with Crippen LogP contribution in [-0.2, 0) is 6.42 Å². The van der Waals surface area contributed by atoms with Gasteiger partial charge < -0.3 is 9.84 Å². The molecular formula is C19H18F2N4O2. The van der Waals surface area contributed by atoms with Crippen LogP contribution in [-0.4, -0.2) is 21.0 Å². The largest absolute Gasteiger partial charge is 0.339 e. The van der Waals surface area contributed by atoms with Gasteiger partial charge in [0, 0.05) is 23.7 Å². The summed E-state index contributed by atoms with van der Waals surface area (Å²) >= 11 is 0. The highest BCUT2D eigenvalue weighted by molar-refractivity contribution is 6.05. The van der Waals surface area contributed by atoms with Crippen molar-refractivity contribution in [1.29, 1.82) is 0 Å². The van der Waals surface area contributed by atoms with Crippen LogP contribution in [0, 0.1) is 25.5 Å². The maximum atomic E-state index is 13.4. The van der Waals surface area contributed by atoms with Crippen LogP contribution in [0.4, 0.5) is 14.6 Å². The Morgan fingerprint density at radius 3 is 2.48 bits per heavy atom. The maximum absolute atomic E-state index is 13.4. The molecular weight excluding hydrogens is 354 g/mol. The van der Waals surface area contributed by atoms with Crippen molar-refractivity contribution < 1.29 is 18.1 Å². The lowest BCUT2D eigenvalue weighted by molar-refractivity contribution is 0.102. The summed E-state index contributed by atoms with van der Waals surface area (Å²) in [5, 5.41) is 6.56. The summed E-state index contributed by atoms with van der Waals surface area (Å²) < 4.78 is 32.0. The highest BCUT2D eigenvalue weighted by atomic mass is 19.1. The van der Waals surface area contributed by atoms with Gasteiger partial charge in [-0.2, -0.15) is 4.98 Å². The van der Waals surface area contributed by atoms with E-state index in [1.54, 1.807) is 6.92 Å². The SMILES string of the molecule is CCCc1nc(-c2c(C)cc(C)nc2NC(=O)c2cc(F)cc(F)c2)no1. The molecule has 2 aromatic heterocycles. The first-order valence-electron chi connectivity index (χ1n) is 8.46. The van der Waals surface area contributed by atoms with Gasteiger partial charge >= 0.3 is 0 Å². The van der Waals surface area contributed by atoms with Crippen molar-refractivity contribution in [2.24, 2.45) is 0 Å². The molecule has 3 aromatic rings. The quantitative estimate of drug-likeness (QED) is 0.725. The van der Waals surface area contributed by atoms with Gasteiger partial charge in [-0.3, -0.25) is 4.79 Å². The van der Waals surface area contributed by atoms with Crippen LogP contribution < -0.4 is 5.32 Å². The number of rotatable bonds is 5. The zero-order valence-electron chi connectivity index (χ0n) is 15.1. The fourth-order valence-electron chi connectivity index (χ4n) is 2.75. The number of carbonyl (C=O) groups is 1. The molecule has 0 spiro atoms. The Kier molecular flexibility index (Phi) is 5.25. The van der Waals surface area contributed by atoms with Crippen molar-refractivity contribution in [3.8, 4) is 11.4 Å². The first kappa shape index (κ1) is 18.6. The minimum Gasteiger partial charge on any atom is -0.339 e. The van der Waals surface area contributed by atoms with E-state index in [4.69, 9.17) is 4.52 Å². The molecule has 8 heteroatoms. The number of pyridine rings is 1. The molecule has 27 heavy (non-hydrogen) atoms. The van der Waals surface area contributed by atoms with Crippen molar-refractivity contribution in [3.05, 3.63) is 58.6 Å². The normalized spacial score (nSPS) is 10.9. The lowest BCUT2D eigenvalue weighted by Crippen LogP contribution is -2.15. The van der Waals surface area contributed by atoms with Crippen LogP contribution in [0.1, 0.15) is 40.9 Å². The molecule has 0 unspecified atom stereocenters. The zero-order chi connectivity index (χ0) is 19.6. The first-order valence-corrected chi connectivity index (χ1v) is 8.46. The Morgan fingerprint density at radius 2 is 1.81 bits per heavy atom. The lowest BCUT2D eigenvalue weighted by atomic mass is 10.1. The second kappa shape index (κ2) is 7.61. The summed E-state index contributed by atoms with van der Waals surface area (Å²) in [5.41, 5.74) is 1.79. The summed E-state index contributed by atoms with van der Waals surface area (Å²) in [6.45, 7) is 5.59. The monoisotopic (exact) mass is 372 g/mol. The van der Waals surface area contributed by atoms with Crippen molar-refractivity contribution in [1.82, 2.24) is 15.1 Å². The van der Waals surface area contributed by atoms with Crippen LogP contribution in [0.25, 0.3) is 11.4 Å². The van der Waals surface area contributed by atoms with Crippen molar-refractivity contribution in [2.45, 2.75) is 33.6 Å². The number of carbonyl (C=O) groups excluding carboxylic acids is 1. The smallest absolute Gasteiger partial charge is 0.257 e. The van der Waals surface area contributed by atoms with Crippen LogP contribution in [0.15, 0.2) is 28.8 Å². The van der Waals surface area contributed by atoms with Crippen molar-refractivity contribution >= 4 is 11.7 Å². The summed E-state index contributed by atoms with van der Waals surface area (Å²) in [7, 11) is 0. The minimum absolute atomic E-state index is 0.154. The fourth-order valence-corrected chi connectivity index (χ4v) is 2.75. The average molecular weight is 372 g/mol. The number of aromatic nitrogens is 3. The Morgan fingerprint density at radius 1 is 1.11 bits per heavy atom. The minimum atomic E-state index is -0.837. The van der Waals surface area contributed by atoms with Crippen molar-refractivity contribution in [2.75, 3.05) is 5.32 Å². The molecule has 2 heterocycles. The van der Waals surface area contributed by atoms with E-state index in [2.05, 4.69) is 20.4 Å². The van der Waals surface area contributed by atoms with E-state index in [0.29, 0.717) is 35.5 Å². The van der Waals surface area contributed by atoms with E-state index < -0.39 is 17.5 Å². The third-order valence-corrected chi connectivity index (χ3v) is 3.86. The molecule has 0 aliphatic carbocycles. The molecule has 0 fully saturated rings. The Hall–Kier alpha value is -3.16. The second-order valence-corrected chi connectivity index (χ2v) is 6.18. The summed E-state index contributed by atoms with van der Waals surface area (Å²) in [4.78, 5) is 21.2. The van der Waals surface area contributed by atoms with E-state index in [9.17, 15) is 13.6 Å². The molecule has 0 saturated heterocycles. The summed E-state index contributed by atoms with van der Waals surface area (Å²) in [6, 6.07) is 4.43. The second-order valence-electron chi connectivity index (χ2n) is 6.18. The summed E-state index contributed by atoms with van der Waals surface area (Å²) in [5.74, 6) is -1.39.